The third kappa shape index (κ3) is 8.92. The molecule has 0 aromatic heterocycles. The Bertz CT molecular complexity index is 1320. The van der Waals surface area contributed by atoms with Crippen LogP contribution in [0.5, 0.6) is 5.75 Å². The molecule has 9 heteroatoms. The number of hydrogen-bond donors (Lipinski definition) is 1. The van der Waals surface area contributed by atoms with E-state index < -0.39 is 24.6 Å². The van der Waals surface area contributed by atoms with Crippen molar-refractivity contribution in [2.45, 2.75) is 32.3 Å². The lowest BCUT2D eigenvalue weighted by atomic mass is 10.1. The van der Waals surface area contributed by atoms with Crippen LogP contribution in [0.3, 0.4) is 0 Å². The first kappa shape index (κ1) is 28.8. The van der Waals surface area contributed by atoms with E-state index in [1.807, 2.05) is 0 Å². The molecule has 1 N–H and O–H groups in total. The molecule has 1 amide bonds. The number of esters is 2. The van der Waals surface area contributed by atoms with Gasteiger partial charge in [-0.15, -0.1) is 0 Å². The molecule has 9 nitrogen and oxygen atoms in total. The number of ketones is 2. The second-order valence-electron chi connectivity index (χ2n) is 8.57. The molecular weight excluding hydrogens is 502 g/mol. The van der Waals surface area contributed by atoms with Crippen molar-refractivity contribution < 1.29 is 38.2 Å². The van der Waals surface area contributed by atoms with E-state index in [-0.39, 0.29) is 42.3 Å². The van der Waals surface area contributed by atoms with Gasteiger partial charge < -0.3 is 19.5 Å². The first-order chi connectivity index (χ1) is 18.8. The number of anilines is 1. The number of carbonyl (C=O) groups excluding carboxylic acids is 5. The number of methoxy groups -OCH3 is 1. The number of Topliss-reactive ketones (excluding diaryl/α,β-unsaturated/α-hetero) is 2. The Balaban J connectivity index is 1.37. The Labute approximate surface area is 226 Å². The summed E-state index contributed by atoms with van der Waals surface area (Å²) in [6.07, 6.45) is -0.688. The minimum atomic E-state index is -0.953. The first-order valence-corrected chi connectivity index (χ1v) is 12.3. The van der Waals surface area contributed by atoms with E-state index in [4.69, 9.17) is 14.2 Å². The lowest BCUT2D eigenvalue weighted by molar-refractivity contribution is -0.142. The number of hydrogen-bond acceptors (Lipinski definition) is 8. The van der Waals surface area contributed by atoms with Crippen molar-refractivity contribution in [2.75, 3.05) is 19.0 Å². The number of nitrogens with one attached hydrogen (secondary N) is 1. The summed E-state index contributed by atoms with van der Waals surface area (Å²) in [5.74, 6) is -1.70. The largest absolute Gasteiger partial charge is 0.497 e. The van der Waals surface area contributed by atoms with Crippen LogP contribution >= 0.6 is 0 Å². The average molecular weight is 532 g/mol. The van der Waals surface area contributed by atoms with E-state index in [1.165, 1.54) is 38.3 Å². The Hall–Kier alpha value is -4.79. The second-order valence-corrected chi connectivity index (χ2v) is 8.57. The van der Waals surface area contributed by atoms with Gasteiger partial charge in [0, 0.05) is 29.7 Å². The molecule has 0 aliphatic carbocycles. The van der Waals surface area contributed by atoms with Crippen molar-refractivity contribution in [3.8, 4) is 5.75 Å². The lowest BCUT2D eigenvalue weighted by Gasteiger charge is -2.12. The summed E-state index contributed by atoms with van der Waals surface area (Å²) in [6.45, 7) is 1.11. The van der Waals surface area contributed by atoms with Crippen LogP contribution < -0.4 is 10.1 Å². The molecule has 0 aliphatic heterocycles. The number of rotatable bonds is 13. The van der Waals surface area contributed by atoms with Gasteiger partial charge in [-0.2, -0.15) is 0 Å². The number of carbonyl (C=O) groups is 5. The summed E-state index contributed by atoms with van der Waals surface area (Å²) >= 11 is 0. The van der Waals surface area contributed by atoms with Crippen molar-refractivity contribution >= 4 is 35.1 Å². The quantitative estimate of drug-likeness (QED) is 0.249. The molecule has 0 spiro atoms. The average Bonchev–Trinajstić information content (AvgIpc) is 2.96. The molecule has 0 saturated carbocycles. The summed E-state index contributed by atoms with van der Waals surface area (Å²) in [5, 5.41) is 2.68. The molecule has 3 aromatic rings. The fraction of sp³-hybridized carbons (Fsp3) is 0.233. The summed E-state index contributed by atoms with van der Waals surface area (Å²) in [4.78, 5) is 61.1. The highest BCUT2D eigenvalue weighted by molar-refractivity contribution is 6.01. The van der Waals surface area contributed by atoms with Crippen LogP contribution in [-0.2, 0) is 19.1 Å². The van der Waals surface area contributed by atoms with Crippen LogP contribution in [0.4, 0.5) is 5.69 Å². The fourth-order valence-electron chi connectivity index (χ4n) is 3.52. The van der Waals surface area contributed by atoms with Crippen LogP contribution in [0.25, 0.3) is 0 Å². The van der Waals surface area contributed by atoms with Gasteiger partial charge in [0.25, 0.3) is 0 Å². The van der Waals surface area contributed by atoms with Gasteiger partial charge in [0.05, 0.1) is 12.7 Å². The summed E-state index contributed by atoms with van der Waals surface area (Å²) < 4.78 is 15.4. The molecule has 1 atom stereocenters. The minimum absolute atomic E-state index is 0.0243. The maximum atomic E-state index is 12.4. The molecule has 39 heavy (non-hydrogen) atoms. The molecule has 0 saturated heterocycles. The van der Waals surface area contributed by atoms with Gasteiger partial charge in [0.2, 0.25) is 11.7 Å². The van der Waals surface area contributed by atoms with Gasteiger partial charge in [-0.25, -0.2) is 4.79 Å². The van der Waals surface area contributed by atoms with E-state index in [1.54, 1.807) is 54.6 Å². The van der Waals surface area contributed by atoms with E-state index in [0.717, 1.165) is 0 Å². The van der Waals surface area contributed by atoms with E-state index in [9.17, 15) is 24.0 Å². The standard InChI is InChI=1S/C30H29NO8/c1-20(29(35)21-8-4-3-5-9-21)39-30(36)22-14-16-24(17-15-22)31-27(33)12-7-13-28(34)38-19-26(32)23-10-6-11-25(18-23)37-2/h3-6,8-11,14-18,20H,7,12-13,19H2,1-2H3,(H,31,33)/t20-/m0/s1. The SMILES string of the molecule is COc1cccc(C(=O)COC(=O)CCCC(=O)Nc2ccc(C(=O)O[C@@H](C)C(=O)c3ccccc3)cc2)c1. The monoisotopic (exact) mass is 531 g/mol. The van der Waals surface area contributed by atoms with E-state index in [0.29, 0.717) is 22.6 Å². The Morgan fingerprint density at radius 3 is 2.18 bits per heavy atom. The summed E-state index contributed by atoms with van der Waals surface area (Å²) in [6, 6.07) is 21.1. The van der Waals surface area contributed by atoms with Crippen LogP contribution in [0.15, 0.2) is 78.9 Å². The first-order valence-electron chi connectivity index (χ1n) is 12.3. The van der Waals surface area contributed by atoms with Crippen LogP contribution in [0.1, 0.15) is 57.3 Å². The maximum Gasteiger partial charge on any atom is 0.338 e. The van der Waals surface area contributed by atoms with Crippen LogP contribution in [-0.4, -0.2) is 49.2 Å². The van der Waals surface area contributed by atoms with E-state index in [2.05, 4.69) is 5.32 Å². The Morgan fingerprint density at radius 1 is 0.795 bits per heavy atom. The highest BCUT2D eigenvalue weighted by Crippen LogP contribution is 2.15. The molecule has 3 rings (SSSR count). The number of ether oxygens (including phenoxy) is 3. The number of benzene rings is 3. The maximum absolute atomic E-state index is 12.4. The molecule has 0 unspecified atom stereocenters. The molecule has 0 fully saturated rings. The molecule has 202 valence electrons. The summed E-state index contributed by atoms with van der Waals surface area (Å²) in [7, 11) is 1.49. The topological polar surface area (TPSA) is 125 Å². The van der Waals surface area contributed by atoms with Crippen molar-refractivity contribution in [1.29, 1.82) is 0 Å². The number of amides is 1. The van der Waals surface area contributed by atoms with Crippen molar-refractivity contribution in [2.24, 2.45) is 0 Å². The molecule has 0 radical (unpaired) electrons. The smallest absolute Gasteiger partial charge is 0.338 e. The zero-order valence-electron chi connectivity index (χ0n) is 21.7. The van der Waals surface area contributed by atoms with Gasteiger partial charge in [-0.05, 0) is 49.7 Å². The van der Waals surface area contributed by atoms with Gasteiger partial charge in [0.1, 0.15) is 5.75 Å². The van der Waals surface area contributed by atoms with Crippen LogP contribution in [0.2, 0.25) is 0 Å². The predicted molar refractivity (Wildman–Crippen MR) is 143 cm³/mol. The van der Waals surface area contributed by atoms with Crippen molar-refractivity contribution in [3.05, 3.63) is 95.6 Å². The third-order valence-electron chi connectivity index (χ3n) is 5.66. The molecular formula is C30H29NO8. The lowest BCUT2D eigenvalue weighted by Crippen LogP contribution is -2.24. The third-order valence-corrected chi connectivity index (χ3v) is 5.66. The second kappa shape index (κ2) is 14.2. The van der Waals surface area contributed by atoms with Gasteiger partial charge in [-0.1, -0.05) is 42.5 Å². The molecule has 3 aromatic carbocycles. The van der Waals surface area contributed by atoms with Gasteiger partial charge in [-0.3, -0.25) is 19.2 Å². The predicted octanol–water partition coefficient (Wildman–Crippen LogP) is 4.66. The zero-order valence-corrected chi connectivity index (χ0v) is 21.7. The Morgan fingerprint density at radius 2 is 1.49 bits per heavy atom. The molecule has 0 heterocycles. The zero-order chi connectivity index (χ0) is 28.2. The molecule has 0 bridgehead atoms. The van der Waals surface area contributed by atoms with Crippen LogP contribution in [0, 0.1) is 0 Å². The highest BCUT2D eigenvalue weighted by Gasteiger charge is 2.20. The Kier molecular flexibility index (Phi) is 10.5. The fourth-order valence-corrected chi connectivity index (χ4v) is 3.52. The normalized spacial score (nSPS) is 11.1. The summed E-state index contributed by atoms with van der Waals surface area (Å²) in [5.41, 5.74) is 1.50. The molecule has 0 aliphatic rings. The van der Waals surface area contributed by atoms with Crippen molar-refractivity contribution in [1.82, 2.24) is 0 Å². The van der Waals surface area contributed by atoms with E-state index >= 15 is 0 Å². The van der Waals surface area contributed by atoms with Gasteiger partial charge >= 0.3 is 11.9 Å². The van der Waals surface area contributed by atoms with Gasteiger partial charge in [0.15, 0.2) is 18.5 Å². The van der Waals surface area contributed by atoms with Crippen molar-refractivity contribution in [3.63, 3.8) is 0 Å². The minimum Gasteiger partial charge on any atom is -0.497 e. The highest BCUT2D eigenvalue weighted by atomic mass is 16.5.